The molecule has 13 nitrogen and oxygen atoms in total. The third-order valence-electron chi connectivity index (χ3n) is 4.53. The van der Waals surface area contributed by atoms with Crippen molar-refractivity contribution in [3.05, 3.63) is 0 Å². The molecule has 0 fully saturated rings. The number of hydrogen-bond acceptors (Lipinski definition) is 7. The van der Waals surface area contributed by atoms with Crippen LogP contribution in [0.4, 0.5) is 0 Å². The predicted molar refractivity (Wildman–Crippen MR) is 106 cm³/mol. The van der Waals surface area contributed by atoms with Crippen LogP contribution in [0.25, 0.3) is 0 Å². The monoisotopic (exact) mass is 446 g/mol. The lowest BCUT2D eigenvalue weighted by Crippen LogP contribution is -2.58. The Labute approximate surface area is 178 Å². The maximum Gasteiger partial charge on any atom is 0.325 e. The Morgan fingerprint density at radius 1 is 0.839 bits per heavy atom. The minimum Gasteiger partial charge on any atom is -0.481 e. The van der Waals surface area contributed by atoms with Crippen LogP contribution in [-0.4, -0.2) is 75.1 Å². The van der Waals surface area contributed by atoms with Crippen LogP contribution in [0.2, 0.25) is 0 Å². The summed E-state index contributed by atoms with van der Waals surface area (Å²) in [6.45, 7) is 4.56. The average molecular weight is 446 g/mol. The van der Waals surface area contributed by atoms with Gasteiger partial charge in [-0.2, -0.15) is 0 Å². The summed E-state index contributed by atoms with van der Waals surface area (Å²) in [5.41, 5.74) is 5.51. The molecular formula is C18H30N4O9. The van der Waals surface area contributed by atoms with Gasteiger partial charge in [-0.1, -0.05) is 20.3 Å². The molecule has 0 heterocycles. The highest BCUT2D eigenvalue weighted by Crippen LogP contribution is 2.10. The number of carboxylic acid groups (broad SMARTS) is 3. The van der Waals surface area contributed by atoms with Crippen molar-refractivity contribution < 1.29 is 44.1 Å². The molecule has 0 aliphatic carbocycles. The van der Waals surface area contributed by atoms with Gasteiger partial charge in [-0.05, 0) is 19.3 Å². The summed E-state index contributed by atoms with van der Waals surface area (Å²) in [5, 5.41) is 33.4. The summed E-state index contributed by atoms with van der Waals surface area (Å²) >= 11 is 0. The largest absolute Gasteiger partial charge is 0.481 e. The lowest BCUT2D eigenvalue weighted by molar-refractivity contribution is -0.142. The lowest BCUT2D eigenvalue weighted by atomic mass is 9.97. The number of amides is 3. The van der Waals surface area contributed by atoms with E-state index < -0.39 is 78.6 Å². The van der Waals surface area contributed by atoms with Crippen LogP contribution in [0.1, 0.15) is 46.5 Å². The Bertz CT molecular complexity index is 698. The maximum atomic E-state index is 12.8. The smallest absolute Gasteiger partial charge is 0.325 e. The zero-order valence-electron chi connectivity index (χ0n) is 17.6. The van der Waals surface area contributed by atoms with Gasteiger partial charge >= 0.3 is 17.9 Å². The van der Waals surface area contributed by atoms with E-state index in [1.54, 1.807) is 13.8 Å². The van der Waals surface area contributed by atoms with Crippen molar-refractivity contribution in [1.29, 1.82) is 0 Å². The second-order valence-electron chi connectivity index (χ2n) is 7.14. The summed E-state index contributed by atoms with van der Waals surface area (Å²) in [7, 11) is 0. The molecule has 3 amide bonds. The first-order chi connectivity index (χ1) is 14.3. The van der Waals surface area contributed by atoms with Crippen molar-refractivity contribution >= 4 is 35.6 Å². The van der Waals surface area contributed by atoms with Crippen LogP contribution in [-0.2, 0) is 28.8 Å². The second-order valence-corrected chi connectivity index (χ2v) is 7.14. The van der Waals surface area contributed by atoms with Crippen LogP contribution >= 0.6 is 0 Å². The fraction of sp³-hybridized carbons (Fsp3) is 0.667. The van der Waals surface area contributed by atoms with Gasteiger partial charge in [0.05, 0.1) is 12.5 Å². The highest BCUT2D eigenvalue weighted by molar-refractivity contribution is 5.95. The van der Waals surface area contributed by atoms with E-state index in [2.05, 4.69) is 16.0 Å². The number of carbonyl (C=O) groups excluding carboxylic acids is 3. The van der Waals surface area contributed by atoms with E-state index in [1.165, 1.54) is 6.92 Å². The molecule has 0 bridgehead atoms. The molecule has 176 valence electrons. The molecule has 8 N–H and O–H groups in total. The molecule has 0 rings (SSSR count). The molecule has 0 aromatic carbocycles. The maximum absolute atomic E-state index is 12.8. The molecule has 13 heteroatoms. The fourth-order valence-electron chi connectivity index (χ4n) is 2.42. The normalized spacial score (nSPS) is 15.5. The topological polar surface area (TPSA) is 225 Å². The number of rotatable bonds is 14. The Morgan fingerprint density at radius 3 is 1.87 bits per heavy atom. The van der Waals surface area contributed by atoms with E-state index in [0.29, 0.717) is 6.42 Å². The summed E-state index contributed by atoms with van der Waals surface area (Å²) in [6, 6.07) is -5.24. The van der Waals surface area contributed by atoms with Gasteiger partial charge in [0.2, 0.25) is 17.7 Å². The van der Waals surface area contributed by atoms with E-state index in [1.807, 2.05) is 0 Å². The van der Waals surface area contributed by atoms with E-state index >= 15 is 0 Å². The third kappa shape index (κ3) is 10.4. The molecule has 0 aliphatic rings. The number of carbonyl (C=O) groups is 6. The van der Waals surface area contributed by atoms with Crippen molar-refractivity contribution in [1.82, 2.24) is 16.0 Å². The zero-order chi connectivity index (χ0) is 24.3. The third-order valence-corrected chi connectivity index (χ3v) is 4.53. The molecular weight excluding hydrogens is 416 g/mol. The summed E-state index contributed by atoms with van der Waals surface area (Å²) in [6.07, 6.45) is -1.03. The van der Waals surface area contributed by atoms with Gasteiger partial charge in [0.15, 0.2) is 0 Å². The number of hydrogen-bond donors (Lipinski definition) is 7. The molecule has 0 aliphatic heterocycles. The quantitative estimate of drug-likeness (QED) is 0.159. The van der Waals surface area contributed by atoms with Crippen molar-refractivity contribution in [2.24, 2.45) is 11.7 Å². The van der Waals surface area contributed by atoms with Gasteiger partial charge < -0.3 is 37.0 Å². The summed E-state index contributed by atoms with van der Waals surface area (Å²) in [4.78, 5) is 69.9. The number of carboxylic acids is 3. The Hall–Kier alpha value is -3.22. The molecule has 0 radical (unpaired) electrons. The second kappa shape index (κ2) is 13.2. The van der Waals surface area contributed by atoms with Crippen molar-refractivity contribution in [3.63, 3.8) is 0 Å². The molecule has 0 saturated carbocycles. The summed E-state index contributed by atoms with van der Waals surface area (Å²) in [5.74, 6) is -6.90. The molecule has 31 heavy (non-hydrogen) atoms. The standard InChI is InChI=1S/C18H30N4O9/c1-4-8(2)14(22-15(27)10(19)7-13(25)26)17(29)21-11(5-6-12(23)24)16(28)20-9(3)18(30)31/h8-11,14H,4-7,19H2,1-3H3,(H,20,28)(H,21,29)(H,22,27)(H,23,24)(H,25,26)(H,30,31). The van der Waals surface area contributed by atoms with Crippen molar-refractivity contribution in [3.8, 4) is 0 Å². The molecule has 5 unspecified atom stereocenters. The van der Waals surface area contributed by atoms with Gasteiger partial charge in [-0.3, -0.25) is 28.8 Å². The Balaban J connectivity index is 5.47. The number of nitrogens with one attached hydrogen (secondary N) is 3. The van der Waals surface area contributed by atoms with E-state index in [4.69, 9.17) is 21.1 Å². The lowest BCUT2D eigenvalue weighted by Gasteiger charge is -2.27. The van der Waals surface area contributed by atoms with E-state index in [-0.39, 0.29) is 6.42 Å². The van der Waals surface area contributed by atoms with Crippen LogP contribution in [0.3, 0.4) is 0 Å². The van der Waals surface area contributed by atoms with Crippen molar-refractivity contribution in [2.75, 3.05) is 0 Å². The first-order valence-corrected chi connectivity index (χ1v) is 9.63. The van der Waals surface area contributed by atoms with Gasteiger partial charge in [0, 0.05) is 6.42 Å². The van der Waals surface area contributed by atoms with Crippen molar-refractivity contribution in [2.45, 2.75) is 70.6 Å². The molecule has 0 aromatic heterocycles. The first kappa shape index (κ1) is 27.8. The summed E-state index contributed by atoms with van der Waals surface area (Å²) < 4.78 is 0. The van der Waals surface area contributed by atoms with Gasteiger partial charge in [0.1, 0.15) is 18.1 Å². The Kier molecular flexibility index (Phi) is 11.8. The van der Waals surface area contributed by atoms with E-state index in [9.17, 15) is 28.8 Å². The molecule has 0 aromatic rings. The van der Waals surface area contributed by atoms with Crippen LogP contribution in [0, 0.1) is 5.92 Å². The first-order valence-electron chi connectivity index (χ1n) is 9.63. The minimum absolute atomic E-state index is 0.320. The van der Waals surface area contributed by atoms with Crippen LogP contribution in [0.15, 0.2) is 0 Å². The highest BCUT2D eigenvalue weighted by atomic mass is 16.4. The minimum atomic E-state index is -1.40. The molecule has 0 saturated heterocycles. The fourth-order valence-corrected chi connectivity index (χ4v) is 2.42. The van der Waals surface area contributed by atoms with Gasteiger partial charge in [-0.15, -0.1) is 0 Å². The highest BCUT2D eigenvalue weighted by Gasteiger charge is 2.32. The molecule has 5 atom stereocenters. The number of aliphatic carboxylic acids is 3. The predicted octanol–water partition coefficient (Wildman–Crippen LogP) is -1.74. The average Bonchev–Trinajstić information content (AvgIpc) is 2.67. The van der Waals surface area contributed by atoms with Crippen LogP contribution < -0.4 is 21.7 Å². The number of nitrogens with two attached hydrogens (primary N) is 1. The SMILES string of the molecule is CCC(C)C(NC(=O)C(N)CC(=O)O)C(=O)NC(CCC(=O)O)C(=O)NC(C)C(=O)O. The molecule has 0 spiro atoms. The van der Waals surface area contributed by atoms with Crippen LogP contribution in [0.5, 0.6) is 0 Å². The Morgan fingerprint density at radius 2 is 1.42 bits per heavy atom. The van der Waals surface area contributed by atoms with Gasteiger partial charge in [0.25, 0.3) is 0 Å². The van der Waals surface area contributed by atoms with Gasteiger partial charge in [-0.25, -0.2) is 0 Å². The van der Waals surface area contributed by atoms with E-state index in [0.717, 1.165) is 0 Å². The zero-order valence-corrected chi connectivity index (χ0v) is 17.6.